The summed E-state index contributed by atoms with van der Waals surface area (Å²) in [4.78, 5) is 23.5. The highest BCUT2D eigenvalue weighted by Crippen LogP contribution is 2.35. The number of ether oxygens (including phenoxy) is 1. The zero-order valence-electron chi connectivity index (χ0n) is 17.0. The van der Waals surface area contributed by atoms with E-state index in [0.717, 1.165) is 11.1 Å². The molecule has 152 valence electrons. The van der Waals surface area contributed by atoms with Crippen LogP contribution in [0.25, 0.3) is 11.1 Å². The number of fused-ring (bicyclic) bond motifs is 1. The van der Waals surface area contributed by atoms with Gasteiger partial charge in [0.25, 0.3) is 5.91 Å². The van der Waals surface area contributed by atoms with Crippen molar-refractivity contribution in [2.45, 2.75) is 38.1 Å². The molecule has 1 aromatic heterocycles. The molecule has 0 spiro atoms. The van der Waals surface area contributed by atoms with E-state index in [4.69, 9.17) is 4.74 Å². The first-order chi connectivity index (χ1) is 14.8. The maximum atomic E-state index is 13.2. The van der Waals surface area contributed by atoms with Gasteiger partial charge in [-0.15, -0.1) is 0 Å². The van der Waals surface area contributed by atoms with Gasteiger partial charge in [-0.3, -0.25) is 4.79 Å². The van der Waals surface area contributed by atoms with Crippen LogP contribution in [0.1, 0.15) is 53.3 Å². The summed E-state index contributed by atoms with van der Waals surface area (Å²) in [6.07, 6.45) is 8.66. The van der Waals surface area contributed by atoms with Crippen molar-refractivity contribution in [3.8, 4) is 16.9 Å². The summed E-state index contributed by atoms with van der Waals surface area (Å²) in [7, 11) is 0. The highest BCUT2D eigenvalue weighted by Gasteiger charge is 2.25. The van der Waals surface area contributed by atoms with Crippen molar-refractivity contribution in [3.05, 3.63) is 77.9 Å². The molecule has 0 radical (unpaired) electrons. The third-order valence-electron chi connectivity index (χ3n) is 6.14. The van der Waals surface area contributed by atoms with Crippen LogP contribution in [-0.2, 0) is 6.54 Å². The van der Waals surface area contributed by atoms with Crippen molar-refractivity contribution in [2.24, 2.45) is 0 Å². The van der Waals surface area contributed by atoms with E-state index >= 15 is 0 Å². The van der Waals surface area contributed by atoms with Crippen molar-refractivity contribution in [3.63, 3.8) is 0 Å². The molecular formula is C25H25N3O2. The Bertz CT molecular complexity index is 1030. The fraction of sp³-hybridized carbons (Fsp3) is 0.320. The quantitative estimate of drug-likeness (QED) is 0.630. The van der Waals surface area contributed by atoms with E-state index in [1.807, 2.05) is 18.2 Å². The van der Waals surface area contributed by atoms with E-state index in [0.29, 0.717) is 42.8 Å². The Morgan fingerprint density at radius 1 is 0.967 bits per heavy atom. The normalized spacial score (nSPS) is 16.8. The lowest BCUT2D eigenvalue weighted by Crippen LogP contribution is -2.32. The Labute approximate surface area is 176 Å². The monoisotopic (exact) mass is 399 g/mol. The van der Waals surface area contributed by atoms with Gasteiger partial charge in [-0.05, 0) is 53.6 Å². The first-order valence-corrected chi connectivity index (χ1v) is 10.7. The van der Waals surface area contributed by atoms with Crippen LogP contribution in [0.4, 0.5) is 0 Å². The molecule has 2 aromatic carbocycles. The molecule has 5 heteroatoms. The number of aromatic nitrogens is 2. The van der Waals surface area contributed by atoms with Gasteiger partial charge in [0.15, 0.2) is 0 Å². The van der Waals surface area contributed by atoms with Gasteiger partial charge in [0, 0.05) is 12.4 Å². The van der Waals surface area contributed by atoms with E-state index < -0.39 is 0 Å². The lowest BCUT2D eigenvalue weighted by molar-refractivity contribution is 0.0738. The minimum Gasteiger partial charge on any atom is -0.491 e. The molecule has 1 fully saturated rings. The van der Waals surface area contributed by atoms with Crippen LogP contribution in [0.15, 0.2) is 60.9 Å². The van der Waals surface area contributed by atoms with Gasteiger partial charge in [-0.1, -0.05) is 43.2 Å². The Morgan fingerprint density at radius 3 is 2.47 bits per heavy atom. The number of hydrogen-bond acceptors (Lipinski definition) is 4. The highest BCUT2D eigenvalue weighted by atomic mass is 16.5. The van der Waals surface area contributed by atoms with Gasteiger partial charge in [-0.25, -0.2) is 9.97 Å². The van der Waals surface area contributed by atoms with Crippen molar-refractivity contribution < 1.29 is 9.53 Å². The van der Waals surface area contributed by atoms with Crippen LogP contribution >= 0.6 is 0 Å². The van der Waals surface area contributed by atoms with Crippen LogP contribution in [0, 0.1) is 0 Å². The Balaban J connectivity index is 1.41. The number of amides is 1. The summed E-state index contributed by atoms with van der Waals surface area (Å²) >= 11 is 0. The Hall–Kier alpha value is -3.21. The fourth-order valence-corrected chi connectivity index (χ4v) is 4.48. The molecule has 5 nitrogen and oxygen atoms in total. The molecule has 1 aliphatic heterocycles. The standard InChI is InChI=1S/C25H25N3O2/c29-25-22-16-21(20-8-6-19(7-9-20)18-4-1-2-5-18)10-11-23(22)30-15-14-28(25)17-24-26-12-3-13-27-24/h3,6-13,16,18H,1-2,4-5,14-15,17H2. The summed E-state index contributed by atoms with van der Waals surface area (Å²) in [6, 6.07) is 16.5. The average molecular weight is 399 g/mol. The predicted octanol–water partition coefficient (Wildman–Crippen LogP) is 4.84. The topological polar surface area (TPSA) is 55.3 Å². The molecule has 1 aliphatic carbocycles. The second kappa shape index (κ2) is 8.27. The smallest absolute Gasteiger partial charge is 0.258 e. The van der Waals surface area contributed by atoms with Crippen LogP contribution in [-0.4, -0.2) is 33.9 Å². The first-order valence-electron chi connectivity index (χ1n) is 10.7. The van der Waals surface area contributed by atoms with Crippen molar-refractivity contribution >= 4 is 5.91 Å². The summed E-state index contributed by atoms with van der Waals surface area (Å²) in [5, 5.41) is 0. The van der Waals surface area contributed by atoms with Crippen molar-refractivity contribution in [1.82, 2.24) is 14.9 Å². The molecule has 1 amide bonds. The maximum Gasteiger partial charge on any atom is 0.258 e. The molecule has 0 unspecified atom stereocenters. The van der Waals surface area contributed by atoms with E-state index in [1.54, 1.807) is 23.4 Å². The van der Waals surface area contributed by atoms with E-state index in [2.05, 4.69) is 34.2 Å². The largest absolute Gasteiger partial charge is 0.491 e. The molecule has 0 bridgehead atoms. The second-order valence-electron chi connectivity index (χ2n) is 8.05. The highest BCUT2D eigenvalue weighted by molar-refractivity contribution is 5.98. The van der Waals surface area contributed by atoms with Gasteiger partial charge in [-0.2, -0.15) is 0 Å². The van der Waals surface area contributed by atoms with E-state index in [1.165, 1.54) is 31.2 Å². The van der Waals surface area contributed by atoms with Gasteiger partial charge >= 0.3 is 0 Å². The minimum absolute atomic E-state index is 0.0422. The molecule has 5 rings (SSSR count). The van der Waals surface area contributed by atoms with Crippen LogP contribution in [0.3, 0.4) is 0 Å². The van der Waals surface area contributed by atoms with Crippen molar-refractivity contribution in [2.75, 3.05) is 13.2 Å². The summed E-state index contributed by atoms with van der Waals surface area (Å²) < 4.78 is 5.86. The van der Waals surface area contributed by atoms with Gasteiger partial charge in [0.1, 0.15) is 18.2 Å². The number of rotatable bonds is 4. The summed E-state index contributed by atoms with van der Waals surface area (Å²) in [5.74, 6) is 1.94. The molecule has 0 N–H and O–H groups in total. The van der Waals surface area contributed by atoms with E-state index in [-0.39, 0.29) is 5.91 Å². The number of nitrogens with zero attached hydrogens (tertiary/aromatic N) is 3. The number of carbonyl (C=O) groups is 1. The fourth-order valence-electron chi connectivity index (χ4n) is 4.48. The first kappa shape index (κ1) is 18.8. The third kappa shape index (κ3) is 3.80. The molecule has 1 saturated carbocycles. The van der Waals surface area contributed by atoms with Gasteiger partial charge < -0.3 is 9.64 Å². The number of hydrogen-bond donors (Lipinski definition) is 0. The zero-order valence-corrected chi connectivity index (χ0v) is 17.0. The Morgan fingerprint density at radius 2 is 1.70 bits per heavy atom. The zero-order chi connectivity index (χ0) is 20.3. The third-order valence-corrected chi connectivity index (χ3v) is 6.14. The summed E-state index contributed by atoms with van der Waals surface area (Å²) in [5.41, 5.74) is 4.18. The maximum absolute atomic E-state index is 13.2. The molecule has 30 heavy (non-hydrogen) atoms. The lowest BCUT2D eigenvalue weighted by Gasteiger charge is -2.19. The molecule has 0 atom stereocenters. The van der Waals surface area contributed by atoms with E-state index in [9.17, 15) is 4.79 Å². The van der Waals surface area contributed by atoms with Crippen LogP contribution in [0.2, 0.25) is 0 Å². The summed E-state index contributed by atoms with van der Waals surface area (Å²) in [6.45, 7) is 1.35. The lowest BCUT2D eigenvalue weighted by atomic mass is 9.94. The SMILES string of the molecule is O=C1c2cc(-c3ccc(C4CCCC4)cc3)ccc2OCCN1Cc1ncccn1. The van der Waals surface area contributed by atoms with Gasteiger partial charge in [0.05, 0.1) is 18.7 Å². The minimum atomic E-state index is -0.0422. The van der Waals surface area contributed by atoms with Crippen LogP contribution in [0.5, 0.6) is 5.75 Å². The second-order valence-corrected chi connectivity index (χ2v) is 8.05. The Kier molecular flexibility index (Phi) is 5.18. The molecule has 3 aromatic rings. The average Bonchev–Trinajstić information content (AvgIpc) is 3.29. The van der Waals surface area contributed by atoms with Crippen molar-refractivity contribution in [1.29, 1.82) is 0 Å². The number of benzene rings is 2. The number of carbonyl (C=O) groups excluding carboxylic acids is 1. The molecule has 2 aliphatic rings. The molecule has 0 saturated heterocycles. The van der Waals surface area contributed by atoms with Gasteiger partial charge in [0.2, 0.25) is 0 Å². The molecule has 2 heterocycles. The predicted molar refractivity (Wildman–Crippen MR) is 115 cm³/mol. The van der Waals surface area contributed by atoms with Crippen LogP contribution < -0.4 is 4.74 Å². The molecular weight excluding hydrogens is 374 g/mol.